The highest BCUT2D eigenvalue weighted by atomic mass is 16.6. The molecule has 15 atom stereocenters. The number of aliphatic carboxylic acids is 1. The SMILES string of the molecule is CO[C@H]1C[C@@H]2CC[C@@H](C)[C@@](O)(O2)C(=O)C(=O)N2CCCC[C@H]2C(=O)O[C@H](C(C)C[C@@H]2CC[C@@H](OC(=O)CCC(=O)O)[C@H](OC)C2)CC(=O)[C@H](C)/C=C(\C)[C@@H](O)[C@@H](OC)C(=O)[C@H](C)C[C@H](C)/C=C/C=CC=C1C. The van der Waals surface area contributed by atoms with Gasteiger partial charge in [0, 0.05) is 58.5 Å². The third kappa shape index (κ3) is 16.6. The molecule has 17 heteroatoms. The van der Waals surface area contributed by atoms with Crippen LogP contribution in [-0.4, -0.2) is 144 Å². The number of amides is 1. The minimum atomic E-state index is -2.47. The fourth-order valence-electron chi connectivity index (χ4n) is 10.7. The first kappa shape index (κ1) is 60.2. The molecule has 3 N–H and O–H groups in total. The Morgan fingerprint density at radius 2 is 1.57 bits per heavy atom. The van der Waals surface area contributed by atoms with Gasteiger partial charge in [-0.3, -0.25) is 28.8 Å². The Kier molecular flexibility index (Phi) is 23.7. The van der Waals surface area contributed by atoms with Gasteiger partial charge in [0.25, 0.3) is 11.7 Å². The molecule has 3 heterocycles. The Morgan fingerprint density at radius 3 is 2.24 bits per heavy atom. The van der Waals surface area contributed by atoms with Crippen molar-refractivity contribution in [2.75, 3.05) is 27.9 Å². The van der Waals surface area contributed by atoms with Gasteiger partial charge in [-0.1, -0.05) is 71.1 Å². The molecule has 404 valence electrons. The molecule has 17 nitrogen and oxygen atoms in total. The first-order valence-corrected chi connectivity index (χ1v) is 25.9. The highest BCUT2D eigenvalue weighted by Crippen LogP contribution is 2.38. The quantitative estimate of drug-likeness (QED) is 0.119. The summed E-state index contributed by atoms with van der Waals surface area (Å²) >= 11 is 0. The molecule has 1 aliphatic carbocycles. The van der Waals surface area contributed by atoms with Crippen molar-refractivity contribution in [2.45, 2.75) is 193 Å². The van der Waals surface area contributed by atoms with E-state index in [0.29, 0.717) is 69.8 Å². The number of ether oxygens (including phenoxy) is 6. The van der Waals surface area contributed by atoms with Crippen LogP contribution in [0.15, 0.2) is 47.6 Å². The van der Waals surface area contributed by atoms with Crippen LogP contribution >= 0.6 is 0 Å². The van der Waals surface area contributed by atoms with Gasteiger partial charge in [0.15, 0.2) is 5.78 Å². The predicted octanol–water partition coefficient (Wildman–Crippen LogP) is 6.60. The molecule has 0 radical (unpaired) electrons. The minimum absolute atomic E-state index is 0.00674. The second-order valence-electron chi connectivity index (χ2n) is 20.9. The van der Waals surface area contributed by atoms with Crippen LogP contribution in [0.4, 0.5) is 0 Å². The van der Waals surface area contributed by atoms with Crippen LogP contribution in [0.5, 0.6) is 0 Å². The number of nitrogens with zero attached hydrogens (tertiary/aromatic N) is 1. The summed E-state index contributed by atoms with van der Waals surface area (Å²) in [6, 6.07) is -1.20. The third-order valence-corrected chi connectivity index (χ3v) is 15.3. The number of fused-ring (bicyclic) bond motifs is 3. The number of Topliss-reactive ketones (excluding diaryl/α,β-unsaturated/α-hetero) is 3. The molecule has 1 unspecified atom stereocenters. The van der Waals surface area contributed by atoms with Crippen molar-refractivity contribution in [1.29, 1.82) is 0 Å². The molecule has 4 rings (SSSR count). The van der Waals surface area contributed by atoms with Crippen LogP contribution in [0.3, 0.4) is 0 Å². The Labute approximate surface area is 426 Å². The molecule has 2 bridgehead atoms. The Hall–Kier alpha value is -4.39. The summed E-state index contributed by atoms with van der Waals surface area (Å²) in [5, 5.41) is 32.5. The zero-order chi connectivity index (χ0) is 53.4. The number of carbonyl (C=O) groups is 7. The lowest BCUT2D eigenvalue weighted by Gasteiger charge is -2.42. The fraction of sp³-hybridized carbons (Fsp3) is 0.727. The summed E-state index contributed by atoms with van der Waals surface area (Å²) < 4.78 is 35.2. The molecule has 0 spiro atoms. The maximum absolute atomic E-state index is 14.5. The molecule has 3 aliphatic heterocycles. The van der Waals surface area contributed by atoms with Crippen LogP contribution in [0, 0.1) is 35.5 Å². The van der Waals surface area contributed by atoms with Crippen molar-refractivity contribution >= 4 is 41.2 Å². The van der Waals surface area contributed by atoms with E-state index in [4.69, 9.17) is 33.5 Å². The molecule has 1 amide bonds. The molecule has 4 aliphatic rings. The highest BCUT2D eigenvalue weighted by molar-refractivity contribution is 6.39. The van der Waals surface area contributed by atoms with Crippen molar-refractivity contribution in [3.05, 3.63) is 47.6 Å². The van der Waals surface area contributed by atoms with E-state index in [-0.39, 0.29) is 55.6 Å². The number of ketones is 3. The zero-order valence-electron chi connectivity index (χ0n) is 44.2. The average molecular weight is 1010 g/mol. The third-order valence-electron chi connectivity index (χ3n) is 15.3. The smallest absolute Gasteiger partial charge is 0.329 e. The van der Waals surface area contributed by atoms with Crippen molar-refractivity contribution < 1.29 is 77.3 Å². The van der Waals surface area contributed by atoms with Crippen LogP contribution in [0.1, 0.15) is 138 Å². The van der Waals surface area contributed by atoms with E-state index in [1.54, 1.807) is 40.9 Å². The lowest BCUT2D eigenvalue weighted by molar-refractivity contribution is -0.265. The topological polar surface area (TPSA) is 239 Å². The van der Waals surface area contributed by atoms with Crippen molar-refractivity contribution in [1.82, 2.24) is 4.90 Å². The average Bonchev–Trinajstić information content (AvgIpc) is 3.35. The summed E-state index contributed by atoms with van der Waals surface area (Å²) in [5.41, 5.74) is 1.21. The summed E-state index contributed by atoms with van der Waals surface area (Å²) in [5.74, 6) is -10.3. The number of rotatable bonds is 10. The number of esters is 2. The number of aliphatic hydroxyl groups is 2. The number of carboxylic acid groups (broad SMARTS) is 1. The van der Waals surface area contributed by atoms with E-state index >= 15 is 0 Å². The summed E-state index contributed by atoms with van der Waals surface area (Å²) in [4.78, 5) is 95.8. The van der Waals surface area contributed by atoms with Gasteiger partial charge in [-0.25, -0.2) is 4.79 Å². The number of methoxy groups -OCH3 is 3. The van der Waals surface area contributed by atoms with Gasteiger partial charge >= 0.3 is 17.9 Å². The second-order valence-corrected chi connectivity index (χ2v) is 20.9. The van der Waals surface area contributed by atoms with Gasteiger partial charge in [0.05, 0.1) is 31.2 Å². The fourth-order valence-corrected chi connectivity index (χ4v) is 10.7. The number of hydrogen-bond acceptors (Lipinski definition) is 15. The van der Waals surface area contributed by atoms with E-state index in [1.807, 2.05) is 51.2 Å². The van der Waals surface area contributed by atoms with Gasteiger partial charge in [-0.2, -0.15) is 0 Å². The predicted molar refractivity (Wildman–Crippen MR) is 266 cm³/mol. The Bertz CT molecular complexity index is 2010. The number of carboxylic acids is 1. The van der Waals surface area contributed by atoms with Crippen molar-refractivity contribution in [3.8, 4) is 0 Å². The van der Waals surface area contributed by atoms with Gasteiger partial charge in [0.1, 0.15) is 36.2 Å². The van der Waals surface area contributed by atoms with Crippen molar-refractivity contribution in [3.63, 3.8) is 0 Å². The molecular weight excluding hydrogens is 931 g/mol. The number of aliphatic hydroxyl groups excluding tert-OH is 1. The van der Waals surface area contributed by atoms with Gasteiger partial charge in [0.2, 0.25) is 5.79 Å². The van der Waals surface area contributed by atoms with Crippen LogP contribution in [0.25, 0.3) is 0 Å². The Balaban J connectivity index is 1.68. The molecular formula is C55H83NO16. The lowest BCUT2D eigenvalue weighted by atomic mass is 9.78. The first-order chi connectivity index (χ1) is 34.0. The molecule has 3 fully saturated rings. The van der Waals surface area contributed by atoms with Crippen LogP contribution < -0.4 is 0 Å². The largest absolute Gasteiger partial charge is 0.481 e. The molecule has 72 heavy (non-hydrogen) atoms. The maximum atomic E-state index is 14.5. The number of carbonyl (C=O) groups excluding carboxylic acids is 6. The molecule has 0 aromatic carbocycles. The number of cyclic esters (lactones) is 1. The standard InChI is InChI=1S/C55H83NO16/c1-32-16-12-11-13-17-33(2)44(67-8)30-40-21-19-38(7)55(66,72-40)52(63)53(64)56-25-15-14-18-41(56)54(65)71-45(31-42(57)34(3)27-37(6)50(62)51(69-10)49(61)36(5)26-32)35(4)28-39-20-22-43(46(29-39)68-9)70-48(60)24-23-47(58)59/h11-13,16-17,27,32,34-36,38-41,43-46,50-51,62,66H,14-15,18-26,28-31H2,1-10H3,(H,58,59)/b13-11?,16-12+,33-17?,37-27+/t32-,34-,35?,36-,38-,39+,40+,41+,43-,44+,45+,46-,50-,51+,55-/m1/s1. The number of hydrogen-bond donors (Lipinski definition) is 3. The second kappa shape index (κ2) is 28.3. The number of piperidine rings is 1. The Morgan fingerprint density at radius 1 is 0.847 bits per heavy atom. The summed E-state index contributed by atoms with van der Waals surface area (Å²) in [6.07, 6.45) is 9.31. The summed E-state index contributed by atoms with van der Waals surface area (Å²) in [6.45, 7) is 12.5. The van der Waals surface area contributed by atoms with E-state index in [2.05, 4.69) is 0 Å². The van der Waals surface area contributed by atoms with E-state index < -0.39 is 108 Å². The minimum Gasteiger partial charge on any atom is -0.481 e. The first-order valence-electron chi connectivity index (χ1n) is 25.9. The number of allylic oxidation sites excluding steroid dienone is 6. The normalized spacial score (nSPS) is 36.3. The van der Waals surface area contributed by atoms with E-state index in [0.717, 1.165) is 10.5 Å². The van der Waals surface area contributed by atoms with Crippen LogP contribution in [-0.2, 0) is 62.0 Å². The van der Waals surface area contributed by atoms with Crippen LogP contribution in [0.2, 0.25) is 0 Å². The highest BCUT2D eigenvalue weighted by Gasteiger charge is 2.53. The molecule has 2 saturated heterocycles. The van der Waals surface area contributed by atoms with Gasteiger partial charge in [-0.05, 0) is 107 Å². The van der Waals surface area contributed by atoms with Crippen molar-refractivity contribution in [2.24, 2.45) is 35.5 Å². The molecule has 0 aromatic rings. The lowest BCUT2D eigenvalue weighted by Crippen LogP contribution is -2.61. The summed E-state index contributed by atoms with van der Waals surface area (Å²) in [7, 11) is 4.43. The monoisotopic (exact) mass is 1010 g/mol. The zero-order valence-corrected chi connectivity index (χ0v) is 44.2. The van der Waals surface area contributed by atoms with E-state index in [1.165, 1.54) is 14.2 Å². The van der Waals surface area contributed by atoms with Gasteiger partial charge in [-0.15, -0.1) is 0 Å². The molecule has 1 saturated carbocycles. The van der Waals surface area contributed by atoms with E-state index in [9.17, 15) is 43.8 Å². The molecule has 0 aromatic heterocycles. The van der Waals surface area contributed by atoms with Gasteiger partial charge < -0.3 is 48.6 Å². The maximum Gasteiger partial charge on any atom is 0.329 e.